The lowest BCUT2D eigenvalue weighted by Crippen LogP contribution is -2.41. The smallest absolute Gasteiger partial charge is 0.247 e. The maximum absolute atomic E-state index is 12.9. The first-order valence-corrected chi connectivity index (χ1v) is 8.18. The minimum Gasteiger partial charge on any atom is -0.495 e. The molecule has 0 spiro atoms. The van der Waals surface area contributed by atoms with Crippen LogP contribution >= 0.6 is 0 Å². The van der Waals surface area contributed by atoms with Crippen LogP contribution in [0.25, 0.3) is 0 Å². The number of methoxy groups -OCH3 is 2. The van der Waals surface area contributed by atoms with Gasteiger partial charge in [-0.15, -0.1) is 0 Å². The Hall–Kier alpha value is -1.31. The third-order valence-corrected chi connectivity index (χ3v) is 5.46. The zero-order valence-electron chi connectivity index (χ0n) is 13.2. The van der Waals surface area contributed by atoms with Gasteiger partial charge in [0.1, 0.15) is 10.6 Å². The van der Waals surface area contributed by atoms with Gasteiger partial charge in [0, 0.05) is 25.4 Å². The normalized spacial score (nSPS) is 13.4. The molecule has 0 aliphatic heterocycles. The number of nitrogens with two attached hydrogens (primary N) is 1. The topological polar surface area (TPSA) is 81.9 Å². The molecule has 1 atom stereocenters. The van der Waals surface area contributed by atoms with Crippen LogP contribution in [0.1, 0.15) is 19.4 Å². The molecule has 6 nitrogen and oxygen atoms in total. The maximum atomic E-state index is 12.9. The summed E-state index contributed by atoms with van der Waals surface area (Å²) in [7, 11) is -0.720. The summed E-state index contributed by atoms with van der Waals surface area (Å²) < 4.78 is 37.4. The van der Waals surface area contributed by atoms with Crippen LogP contribution < -0.4 is 10.5 Å². The first-order valence-electron chi connectivity index (χ1n) is 6.74. The average molecular weight is 316 g/mol. The van der Waals surface area contributed by atoms with Gasteiger partial charge in [0.05, 0.1) is 13.7 Å². The number of hydrogen-bond donors (Lipinski definition) is 1. The summed E-state index contributed by atoms with van der Waals surface area (Å²) in [4.78, 5) is 0.0814. The third kappa shape index (κ3) is 3.66. The Bertz CT molecular complexity index is 587. The predicted molar refractivity (Wildman–Crippen MR) is 83.0 cm³/mol. The standard InChI is InChI=1S/C14H24N2O4S/c1-6-16(11(3)9-19-4)21(17,18)14-8-12(15)10(2)7-13(14)20-5/h7-8,11H,6,9,15H2,1-5H3. The van der Waals surface area contributed by atoms with Crippen LogP contribution in [0.2, 0.25) is 0 Å². The predicted octanol–water partition coefficient (Wildman–Crippen LogP) is 1.63. The van der Waals surface area contributed by atoms with Gasteiger partial charge in [-0.2, -0.15) is 4.31 Å². The molecule has 2 N–H and O–H groups in total. The Morgan fingerprint density at radius 1 is 1.33 bits per heavy atom. The molecule has 1 aromatic carbocycles. The Balaban J connectivity index is 3.38. The van der Waals surface area contributed by atoms with Crippen molar-refractivity contribution in [3.63, 3.8) is 0 Å². The van der Waals surface area contributed by atoms with Gasteiger partial charge < -0.3 is 15.2 Å². The van der Waals surface area contributed by atoms with Crippen molar-refractivity contribution in [2.75, 3.05) is 33.1 Å². The number of ether oxygens (including phenoxy) is 2. The molecular weight excluding hydrogens is 292 g/mol. The van der Waals surface area contributed by atoms with Crippen molar-refractivity contribution in [3.8, 4) is 5.75 Å². The quantitative estimate of drug-likeness (QED) is 0.773. The second-order valence-electron chi connectivity index (χ2n) is 4.87. The highest BCUT2D eigenvalue weighted by Crippen LogP contribution is 2.31. The fourth-order valence-corrected chi connectivity index (χ4v) is 4.01. The van der Waals surface area contributed by atoms with E-state index in [1.807, 2.05) is 0 Å². The molecule has 0 aliphatic rings. The zero-order valence-corrected chi connectivity index (χ0v) is 14.0. The van der Waals surface area contributed by atoms with Crippen LogP contribution in [0.5, 0.6) is 5.75 Å². The van der Waals surface area contributed by atoms with Crippen LogP contribution in [0.3, 0.4) is 0 Å². The van der Waals surface area contributed by atoms with Gasteiger partial charge in [0.25, 0.3) is 0 Å². The SMILES string of the molecule is CCN(C(C)COC)S(=O)(=O)c1cc(N)c(C)cc1OC. The minimum absolute atomic E-state index is 0.0814. The minimum atomic E-state index is -3.71. The van der Waals surface area contributed by atoms with Gasteiger partial charge in [-0.25, -0.2) is 8.42 Å². The second kappa shape index (κ2) is 7.11. The molecule has 0 aliphatic carbocycles. The second-order valence-corrected chi connectivity index (χ2v) is 6.73. The summed E-state index contributed by atoms with van der Waals surface area (Å²) in [6.45, 7) is 6.04. The lowest BCUT2D eigenvalue weighted by atomic mass is 10.2. The Kier molecular flexibility index (Phi) is 6.00. The number of rotatable bonds is 7. The van der Waals surface area contributed by atoms with Crippen LogP contribution in [0.15, 0.2) is 17.0 Å². The molecule has 0 saturated heterocycles. The van der Waals surface area contributed by atoms with Crippen molar-refractivity contribution in [2.24, 2.45) is 0 Å². The molecule has 21 heavy (non-hydrogen) atoms. The number of hydrogen-bond acceptors (Lipinski definition) is 5. The van der Waals surface area contributed by atoms with E-state index in [0.717, 1.165) is 5.56 Å². The number of anilines is 1. The molecule has 120 valence electrons. The highest BCUT2D eigenvalue weighted by molar-refractivity contribution is 7.89. The van der Waals surface area contributed by atoms with Crippen molar-refractivity contribution < 1.29 is 17.9 Å². The van der Waals surface area contributed by atoms with Crippen molar-refractivity contribution in [1.29, 1.82) is 0 Å². The number of nitrogen functional groups attached to an aromatic ring is 1. The number of nitrogens with zero attached hydrogens (tertiary/aromatic N) is 1. The molecule has 1 unspecified atom stereocenters. The van der Waals surface area contributed by atoms with Gasteiger partial charge in [-0.05, 0) is 31.5 Å². The summed E-state index contributed by atoms with van der Waals surface area (Å²) in [6.07, 6.45) is 0. The number of likely N-dealkylation sites (N-methyl/N-ethyl adjacent to an activating group) is 1. The van der Waals surface area contributed by atoms with Crippen molar-refractivity contribution in [2.45, 2.75) is 31.7 Å². The first-order chi connectivity index (χ1) is 9.79. The van der Waals surface area contributed by atoms with Gasteiger partial charge in [-0.1, -0.05) is 6.92 Å². The van der Waals surface area contributed by atoms with Crippen LogP contribution in [-0.4, -0.2) is 46.1 Å². The molecule has 7 heteroatoms. The molecule has 1 aromatic rings. The van der Waals surface area contributed by atoms with E-state index in [1.165, 1.54) is 17.5 Å². The highest BCUT2D eigenvalue weighted by Gasteiger charge is 2.30. The molecule has 0 fully saturated rings. The average Bonchev–Trinajstić information content (AvgIpc) is 2.41. The van der Waals surface area contributed by atoms with Crippen molar-refractivity contribution in [1.82, 2.24) is 4.31 Å². The summed E-state index contributed by atoms with van der Waals surface area (Å²) in [5.41, 5.74) is 7.05. The van der Waals surface area contributed by atoms with E-state index in [4.69, 9.17) is 15.2 Å². The number of sulfonamides is 1. The van der Waals surface area contributed by atoms with Crippen molar-refractivity contribution >= 4 is 15.7 Å². The summed E-state index contributed by atoms with van der Waals surface area (Å²) in [6, 6.07) is 2.81. The summed E-state index contributed by atoms with van der Waals surface area (Å²) >= 11 is 0. The molecule has 0 heterocycles. The van der Waals surface area contributed by atoms with Crippen LogP contribution in [0, 0.1) is 6.92 Å². The molecule has 0 radical (unpaired) electrons. The molecule has 0 saturated carbocycles. The monoisotopic (exact) mass is 316 g/mol. The Morgan fingerprint density at radius 3 is 2.43 bits per heavy atom. The van der Waals surface area contributed by atoms with E-state index in [-0.39, 0.29) is 10.9 Å². The van der Waals surface area contributed by atoms with Crippen LogP contribution in [0.4, 0.5) is 5.69 Å². The lowest BCUT2D eigenvalue weighted by molar-refractivity contribution is 0.142. The van der Waals surface area contributed by atoms with Crippen LogP contribution in [-0.2, 0) is 14.8 Å². The molecule has 0 bridgehead atoms. The first kappa shape index (κ1) is 17.7. The van der Waals surface area contributed by atoms with Gasteiger partial charge in [0.2, 0.25) is 10.0 Å². The summed E-state index contributed by atoms with van der Waals surface area (Å²) in [5.74, 6) is 0.296. The van der Waals surface area contributed by atoms with E-state index in [0.29, 0.717) is 24.6 Å². The fraction of sp³-hybridized carbons (Fsp3) is 0.571. The zero-order chi connectivity index (χ0) is 16.2. The highest BCUT2D eigenvalue weighted by atomic mass is 32.2. The number of benzene rings is 1. The molecular formula is C14H24N2O4S. The van der Waals surface area contributed by atoms with Gasteiger partial charge >= 0.3 is 0 Å². The fourth-order valence-electron chi connectivity index (χ4n) is 2.21. The van der Waals surface area contributed by atoms with Crippen molar-refractivity contribution in [3.05, 3.63) is 17.7 Å². The van der Waals surface area contributed by atoms with E-state index in [2.05, 4.69) is 0 Å². The third-order valence-electron chi connectivity index (χ3n) is 3.35. The van der Waals surface area contributed by atoms with Gasteiger partial charge in [0.15, 0.2) is 0 Å². The Labute approximate surface area is 126 Å². The number of aryl methyl sites for hydroxylation is 1. The van der Waals surface area contributed by atoms with E-state index in [9.17, 15) is 8.42 Å². The maximum Gasteiger partial charge on any atom is 0.247 e. The van der Waals surface area contributed by atoms with E-state index >= 15 is 0 Å². The summed E-state index contributed by atoms with van der Waals surface area (Å²) in [5, 5.41) is 0. The molecule has 0 amide bonds. The van der Waals surface area contributed by atoms with E-state index < -0.39 is 10.0 Å². The molecule has 1 rings (SSSR count). The lowest BCUT2D eigenvalue weighted by Gasteiger charge is -2.27. The Morgan fingerprint density at radius 2 is 1.95 bits per heavy atom. The van der Waals surface area contributed by atoms with E-state index in [1.54, 1.807) is 33.9 Å². The van der Waals surface area contributed by atoms with Gasteiger partial charge in [-0.3, -0.25) is 0 Å². The molecule has 0 aromatic heterocycles. The largest absolute Gasteiger partial charge is 0.495 e.